The largest absolute Gasteiger partial charge is 0.324 e. The number of benzene rings is 2. The molecule has 0 aliphatic rings. The van der Waals surface area contributed by atoms with Crippen LogP contribution in [0.3, 0.4) is 0 Å². The molecule has 0 spiro atoms. The van der Waals surface area contributed by atoms with Gasteiger partial charge in [-0.3, -0.25) is 4.40 Å². The summed E-state index contributed by atoms with van der Waals surface area (Å²) in [5, 5.41) is 9.59. The summed E-state index contributed by atoms with van der Waals surface area (Å²) >= 11 is 0. The van der Waals surface area contributed by atoms with Crippen LogP contribution in [0.2, 0.25) is 0 Å². The van der Waals surface area contributed by atoms with Crippen molar-refractivity contribution < 1.29 is 0 Å². The van der Waals surface area contributed by atoms with Gasteiger partial charge < -0.3 is 5.73 Å². The minimum absolute atomic E-state index is 0.00618. The first kappa shape index (κ1) is 17.5. The molecule has 5 heteroatoms. The molecule has 5 aromatic rings. The molecule has 2 aromatic carbocycles. The first-order valence-electron chi connectivity index (χ1n) is 9.68. The van der Waals surface area contributed by atoms with Gasteiger partial charge in [0, 0.05) is 28.8 Å². The highest BCUT2D eigenvalue weighted by molar-refractivity contribution is 5.98. The zero-order valence-electron chi connectivity index (χ0n) is 16.4. The third kappa shape index (κ3) is 2.96. The van der Waals surface area contributed by atoms with Crippen molar-refractivity contribution in [3.63, 3.8) is 0 Å². The van der Waals surface area contributed by atoms with E-state index in [4.69, 9.17) is 10.7 Å². The molecule has 0 unspecified atom stereocenters. The Kier molecular flexibility index (Phi) is 4.11. The molecular weight excluding hydrogens is 358 g/mol. The highest BCUT2D eigenvalue weighted by atomic mass is 15.2. The second-order valence-electron chi connectivity index (χ2n) is 7.35. The number of nitrogens with two attached hydrogens (primary N) is 1. The van der Waals surface area contributed by atoms with Crippen molar-refractivity contribution >= 4 is 16.6 Å². The van der Waals surface area contributed by atoms with Crippen molar-refractivity contribution in [3.8, 4) is 22.4 Å². The molecule has 0 radical (unpaired) electrons. The van der Waals surface area contributed by atoms with E-state index in [-0.39, 0.29) is 6.04 Å². The minimum atomic E-state index is 0.00618. The summed E-state index contributed by atoms with van der Waals surface area (Å²) in [6, 6.07) is 22.9. The van der Waals surface area contributed by atoms with E-state index >= 15 is 0 Å². The lowest BCUT2D eigenvalue weighted by molar-refractivity contribution is 0.818. The number of aryl methyl sites for hydroxylation is 1. The van der Waals surface area contributed by atoms with E-state index in [2.05, 4.69) is 52.7 Å². The van der Waals surface area contributed by atoms with Crippen LogP contribution in [0.1, 0.15) is 24.4 Å². The first-order chi connectivity index (χ1) is 14.1. The van der Waals surface area contributed by atoms with Gasteiger partial charge >= 0.3 is 0 Å². The standard InChI is InChI=1S/C24H21N5/c1-15(25)17-8-10-19(11-9-17)23-20(18-6-4-3-5-7-18)14-21-22(26-23)12-13-29-16(2)27-28-24(21)29/h3-15H,25H2,1-2H3/t15-/m1/s1. The lowest BCUT2D eigenvalue weighted by Crippen LogP contribution is -2.04. The van der Waals surface area contributed by atoms with Crippen molar-refractivity contribution in [2.75, 3.05) is 0 Å². The van der Waals surface area contributed by atoms with Crippen LogP contribution in [0.25, 0.3) is 38.9 Å². The second-order valence-corrected chi connectivity index (χ2v) is 7.35. The number of nitrogens with zero attached hydrogens (tertiary/aromatic N) is 4. The SMILES string of the molecule is Cc1nnc2c3cc(-c4ccccc4)c(-c4ccc([C@@H](C)N)cc4)nc3ccn12. The van der Waals surface area contributed by atoms with Crippen molar-refractivity contribution in [2.24, 2.45) is 5.73 Å². The smallest absolute Gasteiger partial charge is 0.170 e. The molecule has 5 rings (SSSR count). The van der Waals surface area contributed by atoms with Crippen molar-refractivity contribution in [1.82, 2.24) is 19.6 Å². The molecule has 0 amide bonds. The molecule has 0 bridgehead atoms. The Morgan fingerprint density at radius 1 is 0.897 bits per heavy atom. The monoisotopic (exact) mass is 379 g/mol. The lowest BCUT2D eigenvalue weighted by Gasteiger charge is -2.13. The molecule has 29 heavy (non-hydrogen) atoms. The average molecular weight is 379 g/mol. The average Bonchev–Trinajstić information content (AvgIpc) is 3.14. The first-order valence-corrected chi connectivity index (χ1v) is 9.68. The highest BCUT2D eigenvalue weighted by Gasteiger charge is 2.15. The zero-order chi connectivity index (χ0) is 20.0. The molecule has 5 nitrogen and oxygen atoms in total. The van der Waals surface area contributed by atoms with Crippen LogP contribution in [0.4, 0.5) is 0 Å². The molecule has 3 heterocycles. The molecule has 0 saturated heterocycles. The van der Waals surface area contributed by atoms with Gasteiger partial charge in [-0.25, -0.2) is 4.98 Å². The van der Waals surface area contributed by atoms with Crippen LogP contribution in [0, 0.1) is 6.92 Å². The Bertz CT molecular complexity index is 1320. The van der Waals surface area contributed by atoms with Gasteiger partial charge in [-0.1, -0.05) is 54.6 Å². The second kappa shape index (κ2) is 6.79. The van der Waals surface area contributed by atoms with Crippen LogP contribution >= 0.6 is 0 Å². The van der Waals surface area contributed by atoms with E-state index in [1.54, 1.807) is 0 Å². The minimum Gasteiger partial charge on any atom is -0.324 e. The van der Waals surface area contributed by atoms with E-state index < -0.39 is 0 Å². The van der Waals surface area contributed by atoms with E-state index in [1.807, 2.05) is 48.7 Å². The fourth-order valence-corrected chi connectivity index (χ4v) is 3.71. The summed E-state index contributed by atoms with van der Waals surface area (Å²) in [6.45, 7) is 3.94. The van der Waals surface area contributed by atoms with Gasteiger partial charge in [0.2, 0.25) is 0 Å². The van der Waals surface area contributed by atoms with Gasteiger partial charge in [-0.2, -0.15) is 0 Å². The summed E-state index contributed by atoms with van der Waals surface area (Å²) in [7, 11) is 0. The molecule has 2 N–H and O–H groups in total. The summed E-state index contributed by atoms with van der Waals surface area (Å²) < 4.78 is 2.00. The zero-order valence-corrected chi connectivity index (χ0v) is 16.4. The van der Waals surface area contributed by atoms with Gasteiger partial charge in [-0.15, -0.1) is 10.2 Å². The molecule has 0 aliphatic carbocycles. The maximum atomic E-state index is 6.02. The van der Waals surface area contributed by atoms with Crippen LogP contribution in [-0.4, -0.2) is 19.6 Å². The number of pyridine rings is 2. The highest BCUT2D eigenvalue weighted by Crippen LogP contribution is 2.34. The summed E-state index contributed by atoms with van der Waals surface area (Å²) in [4.78, 5) is 5.04. The third-order valence-corrected chi connectivity index (χ3v) is 5.34. The summed E-state index contributed by atoms with van der Waals surface area (Å²) in [5.41, 5.74) is 13.0. The van der Waals surface area contributed by atoms with Gasteiger partial charge in [0.25, 0.3) is 0 Å². The Balaban J connectivity index is 1.80. The van der Waals surface area contributed by atoms with Gasteiger partial charge in [-0.05, 0) is 37.1 Å². The Morgan fingerprint density at radius 2 is 1.66 bits per heavy atom. The fraction of sp³-hybridized carbons (Fsp3) is 0.125. The van der Waals surface area contributed by atoms with Crippen molar-refractivity contribution in [1.29, 1.82) is 0 Å². The Hall–Kier alpha value is -3.57. The number of aromatic nitrogens is 4. The van der Waals surface area contributed by atoms with Crippen LogP contribution in [0.5, 0.6) is 0 Å². The Labute approximate surface area is 168 Å². The van der Waals surface area contributed by atoms with E-state index in [0.717, 1.165) is 50.3 Å². The maximum absolute atomic E-state index is 6.02. The summed E-state index contributed by atoms with van der Waals surface area (Å²) in [6.07, 6.45) is 1.98. The van der Waals surface area contributed by atoms with E-state index in [0.29, 0.717) is 0 Å². The number of fused-ring (bicyclic) bond motifs is 3. The topological polar surface area (TPSA) is 69.1 Å². The predicted molar refractivity (Wildman–Crippen MR) is 116 cm³/mol. The van der Waals surface area contributed by atoms with Crippen molar-refractivity contribution in [2.45, 2.75) is 19.9 Å². The van der Waals surface area contributed by atoms with E-state index in [9.17, 15) is 0 Å². The third-order valence-electron chi connectivity index (χ3n) is 5.34. The normalized spacial score (nSPS) is 12.5. The molecule has 3 aromatic heterocycles. The van der Waals surface area contributed by atoms with Crippen LogP contribution < -0.4 is 5.73 Å². The number of rotatable bonds is 3. The quantitative estimate of drug-likeness (QED) is 0.482. The van der Waals surface area contributed by atoms with Gasteiger partial charge in [0.15, 0.2) is 5.65 Å². The molecular formula is C24H21N5. The summed E-state index contributed by atoms with van der Waals surface area (Å²) in [5.74, 6) is 0.860. The number of hydrogen-bond acceptors (Lipinski definition) is 4. The van der Waals surface area contributed by atoms with Gasteiger partial charge in [0.05, 0.1) is 11.2 Å². The molecule has 142 valence electrons. The molecule has 0 fully saturated rings. The van der Waals surface area contributed by atoms with Crippen LogP contribution in [-0.2, 0) is 0 Å². The molecule has 0 aliphatic heterocycles. The number of hydrogen-bond donors (Lipinski definition) is 1. The fourth-order valence-electron chi connectivity index (χ4n) is 3.71. The Morgan fingerprint density at radius 3 is 2.38 bits per heavy atom. The predicted octanol–water partition coefficient (Wildman–Crippen LogP) is 4.94. The molecule has 0 saturated carbocycles. The van der Waals surface area contributed by atoms with Crippen LogP contribution in [0.15, 0.2) is 72.9 Å². The van der Waals surface area contributed by atoms with Crippen molar-refractivity contribution in [3.05, 3.63) is 84.3 Å². The lowest BCUT2D eigenvalue weighted by atomic mass is 9.96. The maximum Gasteiger partial charge on any atom is 0.170 e. The molecule has 1 atom stereocenters. The van der Waals surface area contributed by atoms with E-state index in [1.165, 1.54) is 0 Å². The van der Waals surface area contributed by atoms with Gasteiger partial charge in [0.1, 0.15) is 5.82 Å².